The van der Waals surface area contributed by atoms with Gasteiger partial charge in [-0.25, -0.2) is 0 Å². The number of nitrogens with zero attached hydrogens (tertiary/aromatic N) is 1. The molecule has 2 rings (SSSR count). The number of aromatic hydroxyl groups is 1. The number of hydrogen-bond donors (Lipinski definition) is 2. The Morgan fingerprint density at radius 2 is 1.83 bits per heavy atom. The van der Waals surface area contributed by atoms with Crippen LogP contribution in [0.25, 0.3) is 0 Å². The van der Waals surface area contributed by atoms with Gasteiger partial charge in [-0.2, -0.15) is 0 Å². The summed E-state index contributed by atoms with van der Waals surface area (Å²) in [6, 6.07) is 5.23. The number of nitrogens with one attached hydrogen (secondary N) is 1. The van der Waals surface area contributed by atoms with Crippen LogP contribution in [0.4, 0.5) is 0 Å². The van der Waals surface area contributed by atoms with E-state index in [0.717, 1.165) is 5.56 Å². The third-order valence-corrected chi connectivity index (χ3v) is 4.91. The van der Waals surface area contributed by atoms with E-state index in [2.05, 4.69) is 19.2 Å². The topological polar surface area (TPSA) is 69.6 Å². The summed E-state index contributed by atoms with van der Waals surface area (Å²) in [5.74, 6) is 0.302. The molecule has 1 atom stereocenters. The fraction of sp³-hybridized carbons (Fsp3) is 0.579. The van der Waals surface area contributed by atoms with Gasteiger partial charge in [-0.1, -0.05) is 19.9 Å². The third kappa shape index (κ3) is 4.28. The van der Waals surface area contributed by atoms with Gasteiger partial charge < -0.3 is 15.3 Å². The lowest BCUT2D eigenvalue weighted by Gasteiger charge is -2.32. The van der Waals surface area contributed by atoms with Crippen molar-refractivity contribution in [2.45, 2.75) is 46.6 Å². The van der Waals surface area contributed by atoms with Crippen LogP contribution in [0.15, 0.2) is 18.2 Å². The Hall–Kier alpha value is -2.04. The Morgan fingerprint density at radius 3 is 2.38 bits per heavy atom. The molecule has 1 aliphatic rings. The first-order chi connectivity index (χ1) is 11.3. The van der Waals surface area contributed by atoms with Crippen LogP contribution in [0.1, 0.15) is 49.5 Å². The highest BCUT2D eigenvalue weighted by atomic mass is 16.3. The average Bonchev–Trinajstić information content (AvgIpc) is 2.54. The van der Waals surface area contributed by atoms with Crippen molar-refractivity contribution in [3.05, 3.63) is 29.3 Å². The first-order valence-corrected chi connectivity index (χ1v) is 8.69. The maximum absolute atomic E-state index is 12.5. The van der Waals surface area contributed by atoms with Crippen molar-refractivity contribution in [1.29, 1.82) is 0 Å². The van der Waals surface area contributed by atoms with Crippen molar-refractivity contribution in [1.82, 2.24) is 10.2 Å². The Labute approximate surface area is 144 Å². The van der Waals surface area contributed by atoms with E-state index in [1.165, 1.54) is 0 Å². The Bertz CT molecular complexity index is 605. The molecule has 132 valence electrons. The number of carbonyl (C=O) groups is 2. The molecule has 1 aromatic carbocycles. The van der Waals surface area contributed by atoms with E-state index >= 15 is 0 Å². The van der Waals surface area contributed by atoms with Gasteiger partial charge in [0, 0.05) is 25.0 Å². The first kappa shape index (κ1) is 18.3. The SMILES string of the molecule is Cc1ccc(C(=O)N2CCC(C(=O)NC(C)C(C)C)CC2)c(O)c1. The summed E-state index contributed by atoms with van der Waals surface area (Å²) in [5.41, 5.74) is 1.25. The van der Waals surface area contributed by atoms with Crippen LogP contribution >= 0.6 is 0 Å². The standard InChI is InChI=1S/C19H28N2O3/c1-12(2)14(4)20-18(23)15-7-9-21(10-8-15)19(24)16-6-5-13(3)11-17(16)22/h5-6,11-12,14-15,22H,7-10H2,1-4H3,(H,20,23). The minimum Gasteiger partial charge on any atom is -0.507 e. The van der Waals surface area contributed by atoms with Gasteiger partial charge in [0.1, 0.15) is 5.75 Å². The molecule has 24 heavy (non-hydrogen) atoms. The number of hydrogen-bond acceptors (Lipinski definition) is 3. The van der Waals surface area contributed by atoms with Gasteiger partial charge in [0.15, 0.2) is 0 Å². The Balaban J connectivity index is 1.92. The predicted octanol–water partition coefficient (Wildman–Crippen LogP) is 2.71. The summed E-state index contributed by atoms with van der Waals surface area (Å²) in [6.07, 6.45) is 1.32. The van der Waals surface area contributed by atoms with Crippen LogP contribution in [0.3, 0.4) is 0 Å². The van der Waals surface area contributed by atoms with E-state index in [1.807, 2.05) is 19.9 Å². The van der Waals surface area contributed by atoms with Crippen molar-refractivity contribution < 1.29 is 14.7 Å². The Morgan fingerprint density at radius 1 is 1.21 bits per heavy atom. The number of piperidine rings is 1. The number of phenols is 1. The van der Waals surface area contributed by atoms with Crippen LogP contribution in [-0.4, -0.2) is 41.0 Å². The van der Waals surface area contributed by atoms with E-state index in [0.29, 0.717) is 37.4 Å². The smallest absolute Gasteiger partial charge is 0.257 e. The molecule has 1 saturated heterocycles. The summed E-state index contributed by atoms with van der Waals surface area (Å²) < 4.78 is 0. The van der Waals surface area contributed by atoms with E-state index in [4.69, 9.17) is 0 Å². The van der Waals surface area contributed by atoms with Gasteiger partial charge in [0.2, 0.25) is 5.91 Å². The number of benzene rings is 1. The molecule has 0 saturated carbocycles. The molecule has 1 aromatic rings. The van der Waals surface area contributed by atoms with Gasteiger partial charge in [0.05, 0.1) is 5.56 Å². The van der Waals surface area contributed by atoms with Crippen LogP contribution in [0, 0.1) is 18.8 Å². The highest BCUT2D eigenvalue weighted by molar-refractivity contribution is 5.97. The number of likely N-dealkylation sites (tertiary alicyclic amines) is 1. The molecule has 0 radical (unpaired) electrons. The highest BCUT2D eigenvalue weighted by Gasteiger charge is 2.29. The molecule has 1 fully saturated rings. The fourth-order valence-electron chi connectivity index (χ4n) is 2.85. The number of aryl methyl sites for hydroxylation is 1. The molecule has 2 amide bonds. The van der Waals surface area contributed by atoms with Crippen molar-refractivity contribution in [2.75, 3.05) is 13.1 Å². The largest absolute Gasteiger partial charge is 0.507 e. The molecule has 5 heteroatoms. The second-order valence-electron chi connectivity index (χ2n) is 7.13. The molecule has 1 unspecified atom stereocenters. The summed E-state index contributed by atoms with van der Waals surface area (Å²) in [5, 5.41) is 13.0. The maximum atomic E-state index is 12.5. The number of phenolic OH excluding ortho intramolecular Hbond substituents is 1. The zero-order chi connectivity index (χ0) is 17.9. The van der Waals surface area contributed by atoms with E-state index in [-0.39, 0.29) is 29.5 Å². The van der Waals surface area contributed by atoms with Crippen molar-refractivity contribution in [3.63, 3.8) is 0 Å². The first-order valence-electron chi connectivity index (χ1n) is 8.69. The third-order valence-electron chi connectivity index (χ3n) is 4.91. The average molecular weight is 332 g/mol. The molecule has 1 aliphatic heterocycles. The zero-order valence-electron chi connectivity index (χ0n) is 15.0. The lowest BCUT2D eigenvalue weighted by Crippen LogP contribution is -2.45. The van der Waals surface area contributed by atoms with Crippen molar-refractivity contribution in [2.24, 2.45) is 11.8 Å². The molecule has 1 heterocycles. The number of rotatable bonds is 4. The van der Waals surface area contributed by atoms with E-state index in [1.54, 1.807) is 17.0 Å². The van der Waals surface area contributed by atoms with Gasteiger partial charge >= 0.3 is 0 Å². The van der Waals surface area contributed by atoms with Crippen molar-refractivity contribution in [3.8, 4) is 5.75 Å². The zero-order valence-corrected chi connectivity index (χ0v) is 15.0. The molecule has 0 aliphatic carbocycles. The summed E-state index contributed by atoms with van der Waals surface area (Å²) in [6.45, 7) is 9.14. The predicted molar refractivity (Wildman–Crippen MR) is 93.9 cm³/mol. The minimum atomic E-state index is -0.165. The van der Waals surface area contributed by atoms with Crippen LogP contribution < -0.4 is 5.32 Å². The van der Waals surface area contributed by atoms with Gasteiger partial charge in [-0.3, -0.25) is 9.59 Å². The normalized spacial score (nSPS) is 17.0. The fourth-order valence-corrected chi connectivity index (χ4v) is 2.85. The molecular weight excluding hydrogens is 304 g/mol. The van der Waals surface area contributed by atoms with Crippen molar-refractivity contribution >= 4 is 11.8 Å². The number of carbonyl (C=O) groups excluding carboxylic acids is 2. The quantitative estimate of drug-likeness (QED) is 0.891. The number of amides is 2. The second kappa shape index (κ2) is 7.69. The lowest BCUT2D eigenvalue weighted by atomic mass is 9.94. The van der Waals surface area contributed by atoms with Gasteiger partial charge in [-0.15, -0.1) is 0 Å². The van der Waals surface area contributed by atoms with E-state index in [9.17, 15) is 14.7 Å². The molecule has 2 N–H and O–H groups in total. The Kier molecular flexibility index (Phi) is 5.86. The van der Waals surface area contributed by atoms with Gasteiger partial charge in [0.25, 0.3) is 5.91 Å². The highest BCUT2D eigenvalue weighted by Crippen LogP contribution is 2.24. The monoisotopic (exact) mass is 332 g/mol. The minimum absolute atomic E-state index is 0.0191. The van der Waals surface area contributed by atoms with Crippen LogP contribution in [0.5, 0.6) is 5.75 Å². The summed E-state index contributed by atoms with van der Waals surface area (Å²) in [4.78, 5) is 26.6. The molecular formula is C19H28N2O3. The summed E-state index contributed by atoms with van der Waals surface area (Å²) in [7, 11) is 0. The maximum Gasteiger partial charge on any atom is 0.257 e. The van der Waals surface area contributed by atoms with Crippen LogP contribution in [0.2, 0.25) is 0 Å². The molecule has 0 spiro atoms. The molecule has 0 aromatic heterocycles. The molecule has 5 nitrogen and oxygen atoms in total. The lowest BCUT2D eigenvalue weighted by molar-refractivity contribution is -0.127. The van der Waals surface area contributed by atoms with E-state index < -0.39 is 0 Å². The van der Waals surface area contributed by atoms with Gasteiger partial charge in [-0.05, 0) is 50.3 Å². The van der Waals surface area contributed by atoms with Crippen LogP contribution in [-0.2, 0) is 4.79 Å². The molecule has 0 bridgehead atoms. The summed E-state index contributed by atoms with van der Waals surface area (Å²) >= 11 is 0. The second-order valence-corrected chi connectivity index (χ2v) is 7.13.